The highest BCUT2D eigenvalue weighted by Gasteiger charge is 2.22. The quantitative estimate of drug-likeness (QED) is 0.865. The molecule has 108 valence electrons. The molecule has 0 saturated carbocycles. The van der Waals surface area contributed by atoms with Gasteiger partial charge in [-0.25, -0.2) is 14.3 Å². The van der Waals surface area contributed by atoms with Gasteiger partial charge in [0.25, 0.3) is 0 Å². The van der Waals surface area contributed by atoms with Gasteiger partial charge >= 0.3 is 6.09 Å². The first-order valence-corrected chi connectivity index (χ1v) is 6.70. The van der Waals surface area contributed by atoms with Gasteiger partial charge in [0.05, 0.1) is 5.52 Å². The summed E-state index contributed by atoms with van der Waals surface area (Å²) in [5.41, 5.74) is 0.740. The summed E-state index contributed by atoms with van der Waals surface area (Å²) < 4.78 is 6.70. The highest BCUT2D eigenvalue weighted by Crippen LogP contribution is 2.27. The zero-order valence-corrected chi connectivity index (χ0v) is 12.4. The SMILES string of the molecule is CC(C)(C)OC(=O)n1cc(CCO)c2ccnc(Cl)c21. The van der Waals surface area contributed by atoms with E-state index in [4.69, 9.17) is 21.4 Å². The maximum absolute atomic E-state index is 12.2. The zero-order valence-electron chi connectivity index (χ0n) is 11.7. The Morgan fingerprint density at radius 1 is 1.50 bits per heavy atom. The molecule has 6 heteroatoms. The van der Waals surface area contributed by atoms with Gasteiger partial charge < -0.3 is 9.84 Å². The van der Waals surface area contributed by atoms with Crippen LogP contribution < -0.4 is 0 Å². The van der Waals surface area contributed by atoms with E-state index in [-0.39, 0.29) is 11.8 Å². The fourth-order valence-electron chi connectivity index (χ4n) is 1.98. The topological polar surface area (TPSA) is 64.3 Å². The van der Waals surface area contributed by atoms with Gasteiger partial charge in [0.2, 0.25) is 0 Å². The standard InChI is InChI=1S/C14H17ClN2O3/c1-14(2,3)20-13(19)17-8-9(5-7-18)10-4-6-16-12(15)11(10)17/h4,6,8,18H,5,7H2,1-3H3. The molecule has 0 aliphatic heterocycles. The Bertz CT molecular complexity index is 644. The van der Waals surface area contributed by atoms with Crippen molar-refractivity contribution in [1.29, 1.82) is 0 Å². The molecule has 0 fully saturated rings. The van der Waals surface area contributed by atoms with Crippen LogP contribution in [0.2, 0.25) is 5.15 Å². The Balaban J connectivity index is 2.55. The smallest absolute Gasteiger partial charge is 0.419 e. The van der Waals surface area contributed by atoms with Gasteiger partial charge in [-0.2, -0.15) is 0 Å². The molecule has 0 atom stereocenters. The molecule has 20 heavy (non-hydrogen) atoms. The predicted octanol–water partition coefficient (Wildman–Crippen LogP) is 3.01. The molecular formula is C14H17ClN2O3. The highest BCUT2D eigenvalue weighted by molar-refractivity contribution is 6.34. The third kappa shape index (κ3) is 2.94. The second-order valence-electron chi connectivity index (χ2n) is 5.48. The minimum Gasteiger partial charge on any atom is -0.443 e. The summed E-state index contributed by atoms with van der Waals surface area (Å²) in [6.07, 6.45) is 3.14. The van der Waals surface area contributed by atoms with Crippen molar-refractivity contribution in [2.24, 2.45) is 0 Å². The summed E-state index contributed by atoms with van der Waals surface area (Å²) in [6.45, 7) is 5.38. The van der Waals surface area contributed by atoms with Crippen molar-refractivity contribution in [1.82, 2.24) is 9.55 Å². The third-order valence-electron chi connectivity index (χ3n) is 2.72. The monoisotopic (exact) mass is 296 g/mol. The number of nitrogens with zero attached hydrogens (tertiary/aromatic N) is 2. The van der Waals surface area contributed by atoms with Crippen LogP contribution in [0.5, 0.6) is 0 Å². The number of aromatic nitrogens is 2. The number of aliphatic hydroxyl groups excluding tert-OH is 1. The van der Waals surface area contributed by atoms with Gasteiger partial charge in [-0.1, -0.05) is 11.6 Å². The first-order valence-electron chi connectivity index (χ1n) is 6.32. The molecule has 0 aliphatic carbocycles. The molecule has 2 aromatic heterocycles. The first kappa shape index (κ1) is 14.8. The van der Waals surface area contributed by atoms with Crippen molar-refractivity contribution in [3.8, 4) is 0 Å². The van der Waals surface area contributed by atoms with Crippen LogP contribution in [0.25, 0.3) is 10.9 Å². The molecule has 0 radical (unpaired) electrons. The van der Waals surface area contributed by atoms with Gasteiger partial charge in [-0.05, 0) is 38.8 Å². The molecule has 0 bridgehead atoms. The fraction of sp³-hybridized carbons (Fsp3) is 0.429. The molecule has 0 aromatic carbocycles. The largest absolute Gasteiger partial charge is 0.443 e. The molecule has 0 amide bonds. The number of halogens is 1. The number of fused-ring (bicyclic) bond motifs is 1. The van der Waals surface area contributed by atoms with Gasteiger partial charge in [0.15, 0.2) is 5.15 Å². The number of rotatable bonds is 2. The fourth-order valence-corrected chi connectivity index (χ4v) is 2.23. The van der Waals surface area contributed by atoms with Crippen molar-refractivity contribution >= 4 is 28.6 Å². The van der Waals surface area contributed by atoms with Crippen LogP contribution in [0.3, 0.4) is 0 Å². The van der Waals surface area contributed by atoms with E-state index in [1.165, 1.54) is 4.57 Å². The van der Waals surface area contributed by atoms with Crippen molar-refractivity contribution in [3.05, 3.63) is 29.2 Å². The number of hydrogen-bond acceptors (Lipinski definition) is 4. The van der Waals surface area contributed by atoms with Gasteiger partial charge in [0.1, 0.15) is 5.60 Å². The molecule has 2 rings (SSSR count). The maximum Gasteiger partial charge on any atom is 0.419 e. The second-order valence-corrected chi connectivity index (χ2v) is 5.83. The number of ether oxygens (including phenoxy) is 1. The second kappa shape index (κ2) is 5.42. The molecular weight excluding hydrogens is 280 g/mol. The molecule has 2 aromatic rings. The van der Waals surface area contributed by atoms with Crippen molar-refractivity contribution in [2.75, 3.05) is 6.61 Å². The number of carbonyl (C=O) groups excluding carboxylic acids is 1. The van der Waals surface area contributed by atoms with Crippen LogP contribution in [0.15, 0.2) is 18.5 Å². The molecule has 0 unspecified atom stereocenters. The summed E-state index contributed by atoms with van der Waals surface area (Å²) in [4.78, 5) is 16.2. The van der Waals surface area contributed by atoms with Crippen LogP contribution in [0.1, 0.15) is 26.3 Å². The maximum atomic E-state index is 12.2. The Morgan fingerprint density at radius 3 is 2.80 bits per heavy atom. The van der Waals surface area contributed by atoms with Crippen LogP contribution in [0, 0.1) is 0 Å². The summed E-state index contributed by atoms with van der Waals surface area (Å²) in [7, 11) is 0. The van der Waals surface area contributed by atoms with Crippen LogP contribution in [-0.2, 0) is 11.2 Å². The molecule has 0 spiro atoms. The molecule has 2 heterocycles. The van der Waals surface area contributed by atoms with E-state index in [9.17, 15) is 4.79 Å². The number of aliphatic hydroxyl groups is 1. The number of pyridine rings is 1. The third-order valence-corrected chi connectivity index (χ3v) is 3.00. The average Bonchev–Trinajstić information content (AvgIpc) is 2.68. The lowest BCUT2D eigenvalue weighted by atomic mass is 10.1. The van der Waals surface area contributed by atoms with E-state index in [2.05, 4.69) is 4.98 Å². The average molecular weight is 297 g/mol. The lowest BCUT2D eigenvalue weighted by Gasteiger charge is -2.19. The Labute approximate surface area is 122 Å². The van der Waals surface area contributed by atoms with E-state index < -0.39 is 11.7 Å². The summed E-state index contributed by atoms with van der Waals surface area (Å²) in [5.74, 6) is 0. The Hall–Kier alpha value is -1.59. The Kier molecular flexibility index (Phi) is 4.01. The van der Waals surface area contributed by atoms with Gasteiger partial charge in [-0.15, -0.1) is 0 Å². The van der Waals surface area contributed by atoms with E-state index in [1.54, 1.807) is 39.2 Å². The minimum atomic E-state index is -0.598. The minimum absolute atomic E-state index is 0.00657. The highest BCUT2D eigenvalue weighted by atomic mass is 35.5. The predicted molar refractivity (Wildman–Crippen MR) is 77.2 cm³/mol. The molecule has 5 nitrogen and oxygen atoms in total. The van der Waals surface area contributed by atoms with Gasteiger partial charge in [-0.3, -0.25) is 0 Å². The van der Waals surface area contributed by atoms with Crippen LogP contribution in [0.4, 0.5) is 4.79 Å². The molecule has 1 N–H and O–H groups in total. The van der Waals surface area contributed by atoms with Crippen molar-refractivity contribution in [2.45, 2.75) is 32.8 Å². The summed E-state index contributed by atoms with van der Waals surface area (Å²) >= 11 is 6.09. The summed E-state index contributed by atoms with van der Waals surface area (Å²) in [5, 5.41) is 10.1. The number of carbonyl (C=O) groups is 1. The lowest BCUT2D eigenvalue weighted by molar-refractivity contribution is 0.0544. The van der Waals surface area contributed by atoms with E-state index >= 15 is 0 Å². The van der Waals surface area contributed by atoms with Crippen LogP contribution >= 0.6 is 11.6 Å². The van der Waals surface area contributed by atoms with Crippen molar-refractivity contribution < 1.29 is 14.6 Å². The zero-order chi connectivity index (χ0) is 14.9. The first-order chi connectivity index (χ1) is 9.33. The van der Waals surface area contributed by atoms with E-state index in [1.807, 2.05) is 0 Å². The molecule has 0 aliphatic rings. The Morgan fingerprint density at radius 2 is 2.20 bits per heavy atom. The van der Waals surface area contributed by atoms with Crippen LogP contribution in [-0.4, -0.2) is 33.0 Å². The summed E-state index contributed by atoms with van der Waals surface area (Å²) in [6, 6.07) is 1.77. The van der Waals surface area contributed by atoms with Gasteiger partial charge in [0, 0.05) is 24.4 Å². The van der Waals surface area contributed by atoms with E-state index in [0.29, 0.717) is 11.9 Å². The van der Waals surface area contributed by atoms with Crippen molar-refractivity contribution in [3.63, 3.8) is 0 Å². The number of hydrogen-bond donors (Lipinski definition) is 1. The lowest BCUT2D eigenvalue weighted by Crippen LogP contribution is -2.26. The molecule has 0 saturated heterocycles. The normalized spacial score (nSPS) is 11.8. The van der Waals surface area contributed by atoms with E-state index in [0.717, 1.165) is 10.9 Å².